The van der Waals surface area contributed by atoms with Gasteiger partial charge in [0.05, 0.1) is 0 Å². The third-order valence-corrected chi connectivity index (χ3v) is 5.15. The van der Waals surface area contributed by atoms with E-state index in [0.29, 0.717) is 12.5 Å². The highest BCUT2D eigenvalue weighted by Crippen LogP contribution is 2.44. The summed E-state index contributed by atoms with van der Waals surface area (Å²) in [7, 11) is 0. The molecule has 0 saturated heterocycles. The van der Waals surface area contributed by atoms with Crippen LogP contribution in [-0.2, 0) is 9.53 Å². The molecule has 5 heteroatoms. The topological polar surface area (TPSA) is 75.6 Å². The summed E-state index contributed by atoms with van der Waals surface area (Å²) in [5.74, 6) is -0.560. The van der Waals surface area contributed by atoms with Crippen molar-refractivity contribution in [2.75, 3.05) is 13.2 Å². The van der Waals surface area contributed by atoms with Crippen molar-refractivity contribution < 1.29 is 19.4 Å². The molecular weight excluding hydrogens is 354 g/mol. The number of carboxylic acid groups (broad SMARTS) is 1. The number of carbonyl (C=O) groups excluding carboxylic acids is 1. The normalized spacial score (nSPS) is 13.7. The van der Waals surface area contributed by atoms with Crippen LogP contribution < -0.4 is 5.32 Å². The summed E-state index contributed by atoms with van der Waals surface area (Å²) in [6.45, 7) is 4.65. The van der Waals surface area contributed by atoms with Gasteiger partial charge in [-0.15, -0.1) is 0 Å². The largest absolute Gasteiger partial charge is 0.481 e. The molecule has 0 heterocycles. The molecule has 1 aliphatic rings. The van der Waals surface area contributed by atoms with Crippen molar-refractivity contribution in [1.82, 2.24) is 5.32 Å². The Hall–Kier alpha value is -2.82. The molecular formula is C23H27NO4. The fourth-order valence-corrected chi connectivity index (χ4v) is 4.03. The molecule has 0 spiro atoms. The molecule has 28 heavy (non-hydrogen) atoms. The lowest BCUT2D eigenvalue weighted by atomic mass is 9.94. The zero-order chi connectivity index (χ0) is 20.1. The zero-order valence-electron chi connectivity index (χ0n) is 16.4. The fourth-order valence-electron chi connectivity index (χ4n) is 4.03. The number of fused-ring (bicyclic) bond motifs is 3. The van der Waals surface area contributed by atoms with Gasteiger partial charge >= 0.3 is 12.1 Å². The number of aliphatic carboxylic acids is 1. The van der Waals surface area contributed by atoms with Gasteiger partial charge in [-0.3, -0.25) is 4.79 Å². The van der Waals surface area contributed by atoms with Crippen molar-refractivity contribution >= 4 is 12.1 Å². The van der Waals surface area contributed by atoms with Gasteiger partial charge in [-0.1, -0.05) is 62.4 Å². The van der Waals surface area contributed by atoms with Crippen molar-refractivity contribution in [1.29, 1.82) is 0 Å². The molecule has 5 nitrogen and oxygen atoms in total. The van der Waals surface area contributed by atoms with Crippen LogP contribution in [0.15, 0.2) is 48.5 Å². The van der Waals surface area contributed by atoms with Crippen molar-refractivity contribution in [3.63, 3.8) is 0 Å². The van der Waals surface area contributed by atoms with E-state index in [0.717, 1.165) is 6.42 Å². The molecule has 0 bridgehead atoms. The number of carbonyl (C=O) groups is 2. The van der Waals surface area contributed by atoms with Crippen LogP contribution in [0.1, 0.15) is 43.7 Å². The van der Waals surface area contributed by atoms with Crippen LogP contribution in [0.2, 0.25) is 0 Å². The van der Waals surface area contributed by atoms with Gasteiger partial charge in [0.25, 0.3) is 0 Å². The molecule has 2 N–H and O–H groups in total. The standard InChI is InChI=1S/C23H27NO4/c1-15(2)11-16(12-22(25)26)13-24-23(27)28-14-21-19-9-5-3-7-17(19)18-8-4-6-10-20(18)21/h3-10,15-16,21H,11-14H2,1-2H3,(H,24,27)(H,25,26)/t16-/m0/s1. The summed E-state index contributed by atoms with van der Waals surface area (Å²) >= 11 is 0. The maximum atomic E-state index is 12.2. The van der Waals surface area contributed by atoms with E-state index >= 15 is 0 Å². The number of benzene rings is 2. The lowest BCUT2D eigenvalue weighted by Crippen LogP contribution is -2.32. The van der Waals surface area contributed by atoms with Crippen LogP contribution in [0, 0.1) is 11.8 Å². The van der Waals surface area contributed by atoms with Crippen LogP contribution in [-0.4, -0.2) is 30.3 Å². The number of ether oxygens (including phenoxy) is 1. The Kier molecular flexibility index (Phi) is 6.34. The first-order chi connectivity index (χ1) is 13.5. The van der Waals surface area contributed by atoms with E-state index in [1.54, 1.807) is 0 Å². The highest BCUT2D eigenvalue weighted by Gasteiger charge is 2.29. The van der Waals surface area contributed by atoms with E-state index in [2.05, 4.69) is 29.6 Å². The van der Waals surface area contributed by atoms with Gasteiger partial charge in [0.2, 0.25) is 0 Å². The molecule has 0 aromatic heterocycles. The van der Waals surface area contributed by atoms with Crippen LogP contribution >= 0.6 is 0 Å². The first-order valence-electron chi connectivity index (χ1n) is 9.76. The Morgan fingerprint density at radius 1 is 1.04 bits per heavy atom. The van der Waals surface area contributed by atoms with Gasteiger partial charge in [-0.25, -0.2) is 4.79 Å². The summed E-state index contributed by atoms with van der Waals surface area (Å²) in [5, 5.41) is 11.8. The number of rotatable bonds is 8. The molecule has 2 aromatic rings. The molecule has 3 rings (SSSR count). The van der Waals surface area contributed by atoms with E-state index in [1.807, 2.05) is 38.1 Å². The Bertz CT molecular complexity index is 801. The second-order valence-electron chi connectivity index (χ2n) is 7.80. The molecule has 0 fully saturated rings. The number of carboxylic acids is 1. The summed E-state index contributed by atoms with van der Waals surface area (Å²) in [6, 6.07) is 16.4. The van der Waals surface area contributed by atoms with E-state index in [4.69, 9.17) is 9.84 Å². The van der Waals surface area contributed by atoms with Gasteiger partial charge in [0, 0.05) is 18.9 Å². The van der Waals surface area contributed by atoms with E-state index in [9.17, 15) is 9.59 Å². The highest BCUT2D eigenvalue weighted by atomic mass is 16.5. The lowest BCUT2D eigenvalue weighted by molar-refractivity contribution is -0.138. The Morgan fingerprint density at radius 3 is 2.14 bits per heavy atom. The fraction of sp³-hybridized carbons (Fsp3) is 0.391. The Balaban J connectivity index is 1.59. The predicted octanol–water partition coefficient (Wildman–Crippen LogP) is 4.66. The SMILES string of the molecule is CC(C)C[C@H](CNC(=O)OCC1c2ccccc2-c2ccccc21)CC(=O)O. The Morgan fingerprint density at radius 2 is 1.61 bits per heavy atom. The van der Waals surface area contributed by atoms with Gasteiger partial charge < -0.3 is 15.2 Å². The molecule has 1 amide bonds. The second kappa shape index (κ2) is 8.91. The number of amides is 1. The molecule has 0 aliphatic heterocycles. The second-order valence-corrected chi connectivity index (χ2v) is 7.80. The first kappa shape index (κ1) is 19.9. The van der Waals surface area contributed by atoms with E-state index < -0.39 is 12.1 Å². The minimum atomic E-state index is -0.847. The van der Waals surface area contributed by atoms with Gasteiger partial charge in [-0.2, -0.15) is 0 Å². The van der Waals surface area contributed by atoms with Gasteiger partial charge in [-0.05, 0) is 40.5 Å². The molecule has 0 radical (unpaired) electrons. The summed E-state index contributed by atoms with van der Waals surface area (Å²) < 4.78 is 5.50. The summed E-state index contributed by atoms with van der Waals surface area (Å²) in [6.07, 6.45) is 0.290. The van der Waals surface area contributed by atoms with Crippen LogP contribution in [0.5, 0.6) is 0 Å². The average molecular weight is 381 g/mol. The lowest BCUT2D eigenvalue weighted by Gasteiger charge is -2.19. The molecule has 1 atom stereocenters. The van der Waals surface area contributed by atoms with Crippen molar-refractivity contribution in [3.05, 3.63) is 59.7 Å². The van der Waals surface area contributed by atoms with Gasteiger partial charge in [0.1, 0.15) is 6.61 Å². The number of hydrogen-bond donors (Lipinski definition) is 2. The highest BCUT2D eigenvalue weighted by molar-refractivity contribution is 5.79. The maximum absolute atomic E-state index is 12.2. The van der Waals surface area contributed by atoms with Crippen molar-refractivity contribution in [3.8, 4) is 11.1 Å². The Labute approximate surface area is 165 Å². The smallest absolute Gasteiger partial charge is 0.407 e. The maximum Gasteiger partial charge on any atom is 0.407 e. The third kappa shape index (κ3) is 4.71. The minimum Gasteiger partial charge on any atom is -0.481 e. The van der Waals surface area contributed by atoms with Crippen LogP contribution in [0.25, 0.3) is 11.1 Å². The van der Waals surface area contributed by atoms with Crippen molar-refractivity contribution in [2.24, 2.45) is 11.8 Å². The van der Waals surface area contributed by atoms with E-state index in [1.165, 1.54) is 22.3 Å². The number of hydrogen-bond acceptors (Lipinski definition) is 3. The molecule has 1 aliphatic carbocycles. The number of nitrogens with one attached hydrogen (secondary N) is 1. The number of alkyl carbamates (subject to hydrolysis) is 1. The van der Waals surface area contributed by atoms with E-state index in [-0.39, 0.29) is 24.9 Å². The molecule has 0 unspecified atom stereocenters. The van der Waals surface area contributed by atoms with Crippen molar-refractivity contribution in [2.45, 2.75) is 32.6 Å². The zero-order valence-corrected chi connectivity index (χ0v) is 16.4. The molecule has 2 aromatic carbocycles. The summed E-state index contributed by atoms with van der Waals surface area (Å²) in [4.78, 5) is 23.2. The van der Waals surface area contributed by atoms with Crippen LogP contribution in [0.3, 0.4) is 0 Å². The quantitative estimate of drug-likeness (QED) is 0.697. The monoisotopic (exact) mass is 381 g/mol. The molecule has 0 saturated carbocycles. The third-order valence-electron chi connectivity index (χ3n) is 5.15. The minimum absolute atomic E-state index is 0.0173. The average Bonchev–Trinajstić information content (AvgIpc) is 2.97. The first-order valence-corrected chi connectivity index (χ1v) is 9.76. The predicted molar refractivity (Wildman–Crippen MR) is 108 cm³/mol. The summed E-state index contributed by atoms with van der Waals surface area (Å²) in [5.41, 5.74) is 4.70. The molecule has 148 valence electrons. The van der Waals surface area contributed by atoms with Crippen LogP contribution in [0.4, 0.5) is 4.79 Å². The van der Waals surface area contributed by atoms with Gasteiger partial charge in [0.15, 0.2) is 0 Å².